The number of carbonyl (C=O) groups is 2. The number of nitrogens with zero attached hydrogens (tertiary/aromatic N) is 3. The van der Waals surface area contributed by atoms with Gasteiger partial charge in [0, 0.05) is 62.0 Å². The summed E-state index contributed by atoms with van der Waals surface area (Å²) in [7, 11) is 1.48. The van der Waals surface area contributed by atoms with Crippen LogP contribution < -0.4 is 10.1 Å². The van der Waals surface area contributed by atoms with Crippen molar-refractivity contribution in [3.63, 3.8) is 0 Å². The largest absolute Gasteiger partial charge is 0.497 e. The van der Waals surface area contributed by atoms with Gasteiger partial charge in [0.2, 0.25) is 11.8 Å². The lowest BCUT2D eigenvalue weighted by Gasteiger charge is -2.36. The number of nitrogens with one attached hydrogen (secondary N) is 2. The Bertz CT molecular complexity index is 915. The molecule has 1 aromatic heterocycles. The Labute approximate surface area is 168 Å². The minimum atomic E-state index is -0.622. The van der Waals surface area contributed by atoms with Gasteiger partial charge in [-0.05, 0) is 6.07 Å². The Hall–Kier alpha value is -2.94. The summed E-state index contributed by atoms with van der Waals surface area (Å²) in [5.41, 5.74) is 2.54. The Morgan fingerprint density at radius 2 is 2.24 bits per heavy atom. The molecule has 8 nitrogen and oxygen atoms in total. The van der Waals surface area contributed by atoms with Gasteiger partial charge in [0.1, 0.15) is 11.6 Å². The minimum absolute atomic E-state index is 0.0663. The predicted molar refractivity (Wildman–Crippen MR) is 102 cm³/mol. The van der Waals surface area contributed by atoms with Crippen LogP contribution in [0, 0.1) is 5.82 Å². The first-order valence-corrected chi connectivity index (χ1v) is 9.68. The molecule has 1 aromatic carbocycles. The quantitative estimate of drug-likeness (QED) is 0.775. The van der Waals surface area contributed by atoms with Gasteiger partial charge in [-0.25, -0.2) is 4.39 Å². The molecule has 0 radical (unpaired) electrons. The fourth-order valence-corrected chi connectivity index (χ4v) is 3.90. The van der Waals surface area contributed by atoms with Crippen molar-refractivity contribution in [3.05, 3.63) is 47.0 Å². The van der Waals surface area contributed by atoms with Crippen molar-refractivity contribution in [1.29, 1.82) is 0 Å². The van der Waals surface area contributed by atoms with Crippen LogP contribution in [0.1, 0.15) is 23.2 Å². The lowest BCUT2D eigenvalue weighted by Crippen LogP contribution is -2.56. The van der Waals surface area contributed by atoms with Crippen molar-refractivity contribution in [1.82, 2.24) is 25.3 Å². The monoisotopic (exact) mass is 401 g/mol. The van der Waals surface area contributed by atoms with Crippen LogP contribution in [0.15, 0.2) is 24.4 Å². The summed E-state index contributed by atoms with van der Waals surface area (Å²) in [6.45, 7) is 2.37. The van der Waals surface area contributed by atoms with Crippen LogP contribution in [-0.2, 0) is 29.1 Å². The molecule has 1 fully saturated rings. The number of amides is 2. The van der Waals surface area contributed by atoms with Crippen LogP contribution in [0.5, 0.6) is 5.75 Å². The van der Waals surface area contributed by atoms with E-state index in [1.165, 1.54) is 13.2 Å². The summed E-state index contributed by atoms with van der Waals surface area (Å²) in [5, 5.41) is 9.79. The summed E-state index contributed by atoms with van der Waals surface area (Å²) < 4.78 is 19.4. The van der Waals surface area contributed by atoms with Crippen LogP contribution in [-0.4, -0.2) is 64.6 Å². The molecule has 0 bridgehead atoms. The van der Waals surface area contributed by atoms with Crippen molar-refractivity contribution in [3.8, 4) is 5.75 Å². The number of carbonyl (C=O) groups excluding carboxylic acids is 2. The first-order chi connectivity index (χ1) is 14.0. The molecule has 2 N–H and O–H groups in total. The van der Waals surface area contributed by atoms with Crippen LogP contribution >= 0.6 is 0 Å². The van der Waals surface area contributed by atoms with Crippen molar-refractivity contribution in [2.24, 2.45) is 0 Å². The predicted octanol–water partition coefficient (Wildman–Crippen LogP) is 0.833. The smallest absolute Gasteiger partial charge is 0.237 e. The molecule has 2 aliphatic rings. The number of hydrogen-bond acceptors (Lipinski definition) is 5. The number of methoxy groups -OCH3 is 1. The van der Waals surface area contributed by atoms with Gasteiger partial charge < -0.3 is 15.0 Å². The molecule has 0 saturated carbocycles. The highest BCUT2D eigenvalue weighted by molar-refractivity contribution is 5.89. The number of aromatic nitrogens is 2. The van der Waals surface area contributed by atoms with Gasteiger partial charge in [0.25, 0.3) is 0 Å². The number of benzene rings is 1. The third kappa shape index (κ3) is 4.09. The van der Waals surface area contributed by atoms with Crippen LogP contribution in [0.3, 0.4) is 0 Å². The number of fused-ring (bicyclic) bond motifs is 1. The van der Waals surface area contributed by atoms with Gasteiger partial charge in [-0.3, -0.25) is 19.6 Å². The van der Waals surface area contributed by atoms with Gasteiger partial charge in [-0.15, -0.1) is 0 Å². The normalized spacial score (nSPS) is 19.6. The Balaban J connectivity index is 1.45. The fourth-order valence-electron chi connectivity index (χ4n) is 3.90. The zero-order valence-electron chi connectivity index (χ0n) is 16.3. The number of aromatic amines is 1. The molecule has 0 spiro atoms. The van der Waals surface area contributed by atoms with Crippen molar-refractivity contribution >= 4 is 11.8 Å². The van der Waals surface area contributed by atoms with E-state index in [0.717, 1.165) is 17.7 Å². The van der Waals surface area contributed by atoms with Gasteiger partial charge in [-0.1, -0.05) is 6.07 Å². The molecular formula is C20H24FN5O3. The molecule has 29 heavy (non-hydrogen) atoms. The van der Waals surface area contributed by atoms with E-state index >= 15 is 0 Å². The molecule has 2 aromatic rings. The highest BCUT2D eigenvalue weighted by Crippen LogP contribution is 2.22. The summed E-state index contributed by atoms with van der Waals surface area (Å²) in [4.78, 5) is 29.0. The van der Waals surface area contributed by atoms with Gasteiger partial charge >= 0.3 is 0 Å². The van der Waals surface area contributed by atoms with Crippen LogP contribution in [0.4, 0.5) is 4.39 Å². The van der Waals surface area contributed by atoms with Gasteiger partial charge in [-0.2, -0.15) is 5.10 Å². The maximum atomic E-state index is 14.4. The molecule has 1 saturated heterocycles. The maximum absolute atomic E-state index is 14.4. The Morgan fingerprint density at radius 1 is 1.38 bits per heavy atom. The molecule has 2 aliphatic heterocycles. The molecule has 9 heteroatoms. The van der Waals surface area contributed by atoms with Crippen molar-refractivity contribution in [2.45, 2.75) is 32.0 Å². The van der Waals surface area contributed by atoms with Crippen LogP contribution in [0.25, 0.3) is 0 Å². The van der Waals surface area contributed by atoms with E-state index in [4.69, 9.17) is 4.74 Å². The fraction of sp³-hybridized carbons (Fsp3) is 0.450. The number of H-pyrrole nitrogens is 1. The number of piperazine rings is 1. The van der Waals surface area contributed by atoms with Crippen LogP contribution in [0.2, 0.25) is 0 Å². The topological polar surface area (TPSA) is 90.6 Å². The summed E-state index contributed by atoms with van der Waals surface area (Å²) in [5.74, 6) is -0.222. The molecular weight excluding hydrogens is 377 g/mol. The van der Waals surface area contributed by atoms with E-state index in [1.54, 1.807) is 23.2 Å². The average Bonchev–Trinajstić information content (AvgIpc) is 3.19. The minimum Gasteiger partial charge on any atom is -0.497 e. The average molecular weight is 401 g/mol. The molecule has 2 amide bonds. The van der Waals surface area contributed by atoms with E-state index < -0.39 is 6.04 Å². The third-order valence-corrected chi connectivity index (χ3v) is 5.60. The van der Waals surface area contributed by atoms with Crippen molar-refractivity contribution < 1.29 is 18.7 Å². The highest BCUT2D eigenvalue weighted by atomic mass is 19.1. The highest BCUT2D eigenvalue weighted by Gasteiger charge is 2.34. The lowest BCUT2D eigenvalue weighted by molar-refractivity contribution is -0.139. The second-order valence-electron chi connectivity index (χ2n) is 7.38. The number of hydrogen-bond donors (Lipinski definition) is 2. The van der Waals surface area contributed by atoms with Crippen molar-refractivity contribution in [2.75, 3.05) is 26.7 Å². The van der Waals surface area contributed by atoms with E-state index in [1.807, 2.05) is 4.90 Å². The van der Waals surface area contributed by atoms with E-state index in [-0.39, 0.29) is 30.6 Å². The molecule has 1 atom stereocenters. The first kappa shape index (κ1) is 19.4. The third-order valence-electron chi connectivity index (χ3n) is 5.60. The van der Waals surface area contributed by atoms with E-state index in [2.05, 4.69) is 15.5 Å². The molecule has 3 heterocycles. The zero-order chi connectivity index (χ0) is 20.4. The molecule has 0 aliphatic carbocycles. The zero-order valence-corrected chi connectivity index (χ0v) is 16.3. The summed E-state index contributed by atoms with van der Waals surface area (Å²) >= 11 is 0. The number of halogens is 1. The molecule has 0 unspecified atom stereocenters. The number of rotatable bonds is 5. The van der Waals surface area contributed by atoms with Gasteiger partial charge in [0.15, 0.2) is 0 Å². The SMILES string of the molecule is COc1ccc(CN2CCNC(=O)[C@@H]2CC(=O)N2CCc3[nH]ncc3C2)c(F)c1. The van der Waals surface area contributed by atoms with Gasteiger partial charge in [0.05, 0.1) is 25.8 Å². The Morgan fingerprint density at radius 3 is 3.03 bits per heavy atom. The Kier molecular flexibility index (Phi) is 5.48. The summed E-state index contributed by atoms with van der Waals surface area (Å²) in [6, 6.07) is 4.06. The second kappa shape index (κ2) is 8.20. The van der Waals surface area contributed by atoms with E-state index in [0.29, 0.717) is 37.5 Å². The lowest BCUT2D eigenvalue weighted by atomic mass is 10.0. The molecule has 154 valence electrons. The first-order valence-electron chi connectivity index (χ1n) is 9.68. The molecule has 4 rings (SSSR count). The maximum Gasteiger partial charge on any atom is 0.237 e. The number of ether oxygens (including phenoxy) is 1. The summed E-state index contributed by atoms with van der Waals surface area (Å²) in [6.07, 6.45) is 2.52. The van der Waals surface area contributed by atoms with E-state index in [9.17, 15) is 14.0 Å². The second-order valence-corrected chi connectivity index (χ2v) is 7.38. The standard InChI is InChI=1S/C20H24FN5O3/c1-29-15-3-2-13(16(21)8-15)11-25-7-5-22-20(28)18(25)9-19(27)26-6-4-17-14(12-26)10-23-24-17/h2-3,8,10,18H,4-7,9,11-12H2,1H3,(H,22,28)(H,23,24)/t18-/m0/s1.